The number of hydrogen-bond acceptors (Lipinski definition) is 6. The Morgan fingerprint density at radius 3 is 2.54 bits per heavy atom. The SMILES string of the molecule is COc1cc(N2C[C@H]3CC[C@@H](C2)[C@@H]3NC(=O)OC(C)(C)C)cnn1. The van der Waals surface area contributed by atoms with E-state index >= 15 is 0 Å². The lowest BCUT2D eigenvalue weighted by molar-refractivity contribution is 0.0472. The summed E-state index contributed by atoms with van der Waals surface area (Å²) in [7, 11) is 1.59. The Balaban J connectivity index is 1.65. The monoisotopic (exact) mass is 334 g/mol. The topological polar surface area (TPSA) is 76.6 Å². The molecule has 7 nitrogen and oxygen atoms in total. The van der Waals surface area contributed by atoms with Crippen LogP contribution >= 0.6 is 0 Å². The minimum Gasteiger partial charge on any atom is -0.480 e. The maximum Gasteiger partial charge on any atom is 0.407 e. The van der Waals surface area contributed by atoms with E-state index in [0.717, 1.165) is 31.6 Å². The number of hydrogen-bond donors (Lipinski definition) is 1. The van der Waals surface area contributed by atoms with Crippen molar-refractivity contribution >= 4 is 11.8 Å². The number of carbonyl (C=O) groups excluding carboxylic acids is 1. The number of carbonyl (C=O) groups is 1. The first kappa shape index (κ1) is 16.8. The highest BCUT2D eigenvalue weighted by atomic mass is 16.6. The highest BCUT2D eigenvalue weighted by Crippen LogP contribution is 2.39. The van der Waals surface area contributed by atoms with Crippen LogP contribution < -0.4 is 15.0 Å². The Bertz CT molecular complexity index is 588. The number of amides is 1. The second-order valence-corrected chi connectivity index (χ2v) is 7.63. The zero-order valence-electron chi connectivity index (χ0n) is 14.8. The van der Waals surface area contributed by atoms with Gasteiger partial charge in [-0.15, -0.1) is 5.10 Å². The average Bonchev–Trinajstić information content (AvgIpc) is 2.75. The lowest BCUT2D eigenvalue weighted by atomic mass is 9.92. The van der Waals surface area contributed by atoms with Gasteiger partial charge in [0.25, 0.3) is 0 Å². The zero-order chi connectivity index (χ0) is 17.3. The van der Waals surface area contributed by atoms with Crippen molar-refractivity contribution in [2.24, 2.45) is 11.8 Å². The van der Waals surface area contributed by atoms with Crippen LogP contribution in [0.3, 0.4) is 0 Å². The first-order chi connectivity index (χ1) is 11.4. The molecule has 0 aromatic carbocycles. The molecule has 1 saturated heterocycles. The van der Waals surface area contributed by atoms with Crippen LogP contribution in [0, 0.1) is 11.8 Å². The maximum absolute atomic E-state index is 12.1. The van der Waals surface area contributed by atoms with Gasteiger partial charge in [0.05, 0.1) is 19.0 Å². The standard InChI is InChI=1S/C17H26N4O3/c1-17(2,3)24-16(22)19-15-11-5-6-12(15)10-21(9-11)13-7-14(23-4)20-18-8-13/h7-8,11-12,15H,5-6,9-10H2,1-4H3,(H,19,22)/t11-,12+,15-. The summed E-state index contributed by atoms with van der Waals surface area (Å²) >= 11 is 0. The van der Waals surface area contributed by atoms with E-state index in [4.69, 9.17) is 9.47 Å². The first-order valence-corrected chi connectivity index (χ1v) is 8.47. The molecule has 2 aliphatic rings. The third kappa shape index (κ3) is 3.71. The van der Waals surface area contributed by atoms with Crippen molar-refractivity contribution in [3.05, 3.63) is 12.3 Å². The van der Waals surface area contributed by atoms with Crippen LogP contribution in [0.4, 0.5) is 10.5 Å². The van der Waals surface area contributed by atoms with Gasteiger partial charge in [0.15, 0.2) is 0 Å². The molecule has 0 radical (unpaired) electrons. The summed E-state index contributed by atoms with van der Waals surface area (Å²) in [5, 5.41) is 11.0. The lowest BCUT2D eigenvalue weighted by Gasteiger charge is -2.39. The van der Waals surface area contributed by atoms with Crippen molar-refractivity contribution in [2.75, 3.05) is 25.1 Å². The number of fused-ring (bicyclic) bond motifs is 2. The molecule has 0 spiro atoms. The summed E-state index contributed by atoms with van der Waals surface area (Å²) in [6.45, 7) is 7.44. The summed E-state index contributed by atoms with van der Waals surface area (Å²) < 4.78 is 10.6. The number of alkyl carbamates (subject to hydrolysis) is 1. The molecule has 2 bridgehead atoms. The Morgan fingerprint density at radius 2 is 1.96 bits per heavy atom. The van der Waals surface area contributed by atoms with Gasteiger partial charge >= 0.3 is 6.09 Å². The van der Waals surface area contributed by atoms with E-state index in [1.165, 1.54) is 0 Å². The van der Waals surface area contributed by atoms with Gasteiger partial charge in [-0.05, 0) is 45.4 Å². The van der Waals surface area contributed by atoms with Gasteiger partial charge in [-0.3, -0.25) is 0 Å². The van der Waals surface area contributed by atoms with Crippen molar-refractivity contribution < 1.29 is 14.3 Å². The molecule has 1 aromatic heterocycles. The van der Waals surface area contributed by atoms with Gasteiger partial charge in [-0.2, -0.15) is 5.10 Å². The molecule has 0 unspecified atom stereocenters. The Labute approximate surface area is 142 Å². The van der Waals surface area contributed by atoms with Gasteiger partial charge in [0.1, 0.15) is 5.60 Å². The fourth-order valence-electron chi connectivity index (χ4n) is 3.72. The largest absolute Gasteiger partial charge is 0.480 e. The number of anilines is 1. The number of nitrogens with zero attached hydrogens (tertiary/aromatic N) is 3. The Morgan fingerprint density at radius 1 is 1.29 bits per heavy atom. The molecule has 3 atom stereocenters. The highest BCUT2D eigenvalue weighted by molar-refractivity contribution is 5.68. The number of ether oxygens (including phenoxy) is 2. The van der Waals surface area contributed by atoms with Gasteiger partial charge < -0.3 is 19.7 Å². The van der Waals surface area contributed by atoms with Crippen molar-refractivity contribution in [2.45, 2.75) is 45.3 Å². The van der Waals surface area contributed by atoms with Crippen LogP contribution in [0.5, 0.6) is 5.88 Å². The predicted molar refractivity (Wildman–Crippen MR) is 90.2 cm³/mol. The van der Waals surface area contributed by atoms with E-state index in [1.807, 2.05) is 26.8 Å². The van der Waals surface area contributed by atoms with E-state index in [2.05, 4.69) is 20.4 Å². The van der Waals surface area contributed by atoms with Gasteiger partial charge in [-0.1, -0.05) is 0 Å². The van der Waals surface area contributed by atoms with Crippen LogP contribution in [-0.4, -0.2) is 48.1 Å². The maximum atomic E-state index is 12.1. The van der Waals surface area contributed by atoms with Gasteiger partial charge in [0.2, 0.25) is 5.88 Å². The summed E-state index contributed by atoms with van der Waals surface area (Å²) in [4.78, 5) is 14.4. The molecule has 2 fully saturated rings. The van der Waals surface area contributed by atoms with E-state index in [9.17, 15) is 4.79 Å². The molecular formula is C17H26N4O3. The summed E-state index contributed by atoms with van der Waals surface area (Å²) in [5.41, 5.74) is 0.554. The normalized spacial score (nSPS) is 26.2. The summed E-state index contributed by atoms with van der Waals surface area (Å²) in [6, 6.07) is 2.10. The molecular weight excluding hydrogens is 308 g/mol. The number of aromatic nitrogens is 2. The van der Waals surface area contributed by atoms with E-state index < -0.39 is 5.60 Å². The molecule has 1 aliphatic heterocycles. The molecule has 3 rings (SSSR count). The van der Waals surface area contributed by atoms with Crippen molar-refractivity contribution in [3.8, 4) is 5.88 Å². The van der Waals surface area contributed by atoms with Crippen LogP contribution in [0.1, 0.15) is 33.6 Å². The van der Waals surface area contributed by atoms with E-state index in [1.54, 1.807) is 13.3 Å². The van der Waals surface area contributed by atoms with Crippen LogP contribution in [0.15, 0.2) is 12.3 Å². The second-order valence-electron chi connectivity index (χ2n) is 7.63. The number of rotatable bonds is 3. The number of piperidine rings is 1. The molecule has 132 valence electrons. The van der Waals surface area contributed by atoms with Crippen molar-refractivity contribution in [1.82, 2.24) is 15.5 Å². The number of nitrogens with one attached hydrogen (secondary N) is 1. The lowest BCUT2D eigenvalue weighted by Crippen LogP contribution is -2.53. The second kappa shape index (κ2) is 6.45. The van der Waals surface area contributed by atoms with Crippen molar-refractivity contribution in [1.29, 1.82) is 0 Å². The third-order valence-electron chi connectivity index (χ3n) is 4.71. The first-order valence-electron chi connectivity index (χ1n) is 8.47. The highest BCUT2D eigenvalue weighted by Gasteiger charge is 2.43. The Hall–Kier alpha value is -2.05. The van der Waals surface area contributed by atoms with Crippen molar-refractivity contribution in [3.63, 3.8) is 0 Å². The quantitative estimate of drug-likeness (QED) is 0.913. The number of methoxy groups -OCH3 is 1. The third-order valence-corrected chi connectivity index (χ3v) is 4.71. The van der Waals surface area contributed by atoms with Crippen LogP contribution in [0.25, 0.3) is 0 Å². The van der Waals surface area contributed by atoms with Crippen LogP contribution in [-0.2, 0) is 4.74 Å². The zero-order valence-corrected chi connectivity index (χ0v) is 14.8. The molecule has 24 heavy (non-hydrogen) atoms. The van der Waals surface area contributed by atoms with Crippen LogP contribution in [0.2, 0.25) is 0 Å². The molecule has 1 aromatic rings. The predicted octanol–water partition coefficient (Wildman–Crippen LogP) is 2.22. The van der Waals surface area contributed by atoms with Gasteiger partial charge in [0, 0.05) is 25.2 Å². The molecule has 7 heteroatoms. The smallest absolute Gasteiger partial charge is 0.407 e. The molecule has 1 saturated carbocycles. The molecule has 1 N–H and O–H groups in total. The minimum absolute atomic E-state index is 0.188. The van der Waals surface area contributed by atoms with E-state index in [0.29, 0.717) is 17.7 Å². The Kier molecular flexibility index (Phi) is 4.51. The molecule has 1 amide bonds. The molecule has 2 heterocycles. The summed E-state index contributed by atoms with van der Waals surface area (Å²) in [5.74, 6) is 1.37. The fraction of sp³-hybridized carbons (Fsp3) is 0.706. The van der Waals surface area contributed by atoms with Gasteiger partial charge in [-0.25, -0.2) is 4.79 Å². The summed E-state index contributed by atoms with van der Waals surface area (Å²) in [6.07, 6.45) is 3.70. The minimum atomic E-state index is -0.469. The van der Waals surface area contributed by atoms with E-state index in [-0.39, 0.29) is 12.1 Å². The fourth-order valence-corrected chi connectivity index (χ4v) is 3.72. The molecule has 1 aliphatic carbocycles. The average molecular weight is 334 g/mol.